The van der Waals surface area contributed by atoms with E-state index in [9.17, 15) is 0 Å². The Labute approximate surface area is 121 Å². The van der Waals surface area contributed by atoms with Crippen LogP contribution >= 0.6 is 46.7 Å². The standard InChI is InChI=1S/C10H4Cl2N4S2/c11-9-7(13-17-15-9)5-1-2-6(4-3-5)8-10(12)16-18-14-8/h1-4H. The molecular weight excluding hydrogens is 311 g/mol. The van der Waals surface area contributed by atoms with E-state index in [0.29, 0.717) is 21.7 Å². The predicted molar refractivity (Wildman–Crippen MR) is 74.3 cm³/mol. The molecule has 2 aromatic heterocycles. The lowest BCUT2D eigenvalue weighted by atomic mass is 10.1. The minimum atomic E-state index is 0.418. The average molecular weight is 315 g/mol. The molecule has 0 aliphatic carbocycles. The predicted octanol–water partition coefficient (Wildman–Crippen LogP) is 4.03. The zero-order chi connectivity index (χ0) is 12.5. The lowest BCUT2D eigenvalue weighted by Gasteiger charge is -1.99. The molecule has 1 aromatic carbocycles. The van der Waals surface area contributed by atoms with E-state index in [1.54, 1.807) is 0 Å². The first-order chi connectivity index (χ1) is 8.75. The van der Waals surface area contributed by atoms with Crippen LogP contribution < -0.4 is 0 Å². The third-order valence-corrected chi connectivity index (χ3v) is 4.11. The molecule has 0 spiro atoms. The molecule has 0 saturated carbocycles. The van der Waals surface area contributed by atoms with Crippen LogP contribution in [0.2, 0.25) is 10.3 Å². The fourth-order valence-corrected chi connectivity index (χ4v) is 3.02. The molecule has 4 nitrogen and oxygen atoms in total. The van der Waals surface area contributed by atoms with E-state index in [-0.39, 0.29) is 0 Å². The summed E-state index contributed by atoms with van der Waals surface area (Å²) < 4.78 is 16.2. The Balaban J connectivity index is 2.00. The molecule has 0 atom stereocenters. The van der Waals surface area contributed by atoms with Gasteiger partial charge in [-0.1, -0.05) is 47.5 Å². The Morgan fingerprint density at radius 2 is 1.06 bits per heavy atom. The van der Waals surface area contributed by atoms with E-state index < -0.39 is 0 Å². The highest BCUT2D eigenvalue weighted by molar-refractivity contribution is 7.00. The number of hydrogen-bond acceptors (Lipinski definition) is 6. The number of aromatic nitrogens is 4. The molecule has 0 fully saturated rings. The molecule has 3 rings (SSSR count). The Hall–Kier alpha value is -1.08. The molecule has 90 valence electrons. The summed E-state index contributed by atoms with van der Waals surface area (Å²) in [4.78, 5) is 0. The summed E-state index contributed by atoms with van der Waals surface area (Å²) in [5.41, 5.74) is 3.21. The van der Waals surface area contributed by atoms with Gasteiger partial charge >= 0.3 is 0 Å². The van der Waals surface area contributed by atoms with Gasteiger partial charge in [0.2, 0.25) is 0 Å². The van der Waals surface area contributed by atoms with Gasteiger partial charge in [-0.05, 0) is 0 Å². The SMILES string of the molecule is Clc1nsnc1-c1ccc(-c2nsnc2Cl)cc1. The maximum Gasteiger partial charge on any atom is 0.170 e. The molecule has 0 radical (unpaired) electrons. The van der Waals surface area contributed by atoms with Crippen molar-refractivity contribution in [2.45, 2.75) is 0 Å². The highest BCUT2D eigenvalue weighted by atomic mass is 35.5. The first kappa shape index (κ1) is 12.0. The molecule has 8 heteroatoms. The van der Waals surface area contributed by atoms with E-state index in [1.807, 2.05) is 24.3 Å². The van der Waals surface area contributed by atoms with Crippen LogP contribution in [0.5, 0.6) is 0 Å². The highest BCUT2D eigenvalue weighted by Gasteiger charge is 2.11. The zero-order valence-corrected chi connectivity index (χ0v) is 11.8. The molecule has 0 unspecified atom stereocenters. The maximum atomic E-state index is 5.93. The van der Waals surface area contributed by atoms with Gasteiger partial charge < -0.3 is 0 Å². The van der Waals surface area contributed by atoms with Crippen LogP contribution in [0, 0.1) is 0 Å². The number of hydrogen-bond donors (Lipinski definition) is 0. The Kier molecular flexibility index (Phi) is 3.25. The molecule has 0 bridgehead atoms. The molecular formula is C10H4Cl2N4S2. The Morgan fingerprint density at radius 3 is 1.33 bits per heavy atom. The lowest BCUT2D eigenvalue weighted by Crippen LogP contribution is -1.81. The maximum absolute atomic E-state index is 5.93. The molecule has 0 amide bonds. The fourth-order valence-electron chi connectivity index (χ4n) is 1.49. The van der Waals surface area contributed by atoms with Gasteiger partial charge in [0, 0.05) is 11.1 Å². The summed E-state index contributed by atoms with van der Waals surface area (Å²) in [5, 5.41) is 0.835. The van der Waals surface area contributed by atoms with Crippen LogP contribution in [-0.2, 0) is 0 Å². The smallest absolute Gasteiger partial charge is 0.170 e. The first-order valence-electron chi connectivity index (χ1n) is 4.82. The Bertz CT molecular complexity index is 618. The topological polar surface area (TPSA) is 51.6 Å². The normalized spacial score (nSPS) is 10.8. The van der Waals surface area contributed by atoms with Gasteiger partial charge in [0.1, 0.15) is 11.4 Å². The monoisotopic (exact) mass is 314 g/mol. The number of rotatable bonds is 2. The van der Waals surface area contributed by atoms with Gasteiger partial charge in [0.15, 0.2) is 10.3 Å². The quantitative estimate of drug-likeness (QED) is 0.716. The molecule has 0 aliphatic heterocycles. The summed E-state index contributed by atoms with van der Waals surface area (Å²) in [6.07, 6.45) is 0. The van der Waals surface area contributed by atoms with E-state index in [0.717, 1.165) is 34.6 Å². The van der Waals surface area contributed by atoms with E-state index >= 15 is 0 Å². The number of benzene rings is 1. The summed E-state index contributed by atoms with van der Waals surface area (Å²) >= 11 is 14.1. The van der Waals surface area contributed by atoms with Crippen molar-refractivity contribution in [3.05, 3.63) is 34.6 Å². The van der Waals surface area contributed by atoms with E-state index in [4.69, 9.17) is 23.2 Å². The van der Waals surface area contributed by atoms with Crippen molar-refractivity contribution in [3.8, 4) is 22.5 Å². The van der Waals surface area contributed by atoms with Crippen molar-refractivity contribution in [3.63, 3.8) is 0 Å². The molecule has 3 aromatic rings. The fraction of sp³-hybridized carbons (Fsp3) is 0. The van der Waals surface area contributed by atoms with E-state index in [2.05, 4.69) is 17.5 Å². The third-order valence-electron chi connectivity index (χ3n) is 2.33. The molecule has 2 heterocycles. The summed E-state index contributed by atoms with van der Waals surface area (Å²) in [6.45, 7) is 0. The van der Waals surface area contributed by atoms with Crippen LogP contribution in [-0.4, -0.2) is 17.5 Å². The van der Waals surface area contributed by atoms with Gasteiger partial charge in [-0.3, -0.25) is 0 Å². The van der Waals surface area contributed by atoms with Crippen LogP contribution in [0.3, 0.4) is 0 Å². The molecule has 0 aliphatic rings. The second kappa shape index (κ2) is 4.89. The minimum Gasteiger partial charge on any atom is -0.171 e. The van der Waals surface area contributed by atoms with Crippen molar-refractivity contribution < 1.29 is 0 Å². The Morgan fingerprint density at radius 1 is 0.667 bits per heavy atom. The second-order valence-electron chi connectivity index (χ2n) is 3.38. The van der Waals surface area contributed by atoms with Crippen molar-refractivity contribution >= 4 is 46.7 Å². The van der Waals surface area contributed by atoms with Crippen molar-refractivity contribution in [1.29, 1.82) is 0 Å². The van der Waals surface area contributed by atoms with Crippen LogP contribution in [0.25, 0.3) is 22.5 Å². The second-order valence-corrected chi connectivity index (χ2v) is 5.16. The van der Waals surface area contributed by atoms with Crippen molar-refractivity contribution in [2.75, 3.05) is 0 Å². The first-order valence-corrected chi connectivity index (χ1v) is 7.04. The van der Waals surface area contributed by atoms with Crippen LogP contribution in [0.4, 0.5) is 0 Å². The molecule has 18 heavy (non-hydrogen) atoms. The summed E-state index contributed by atoms with van der Waals surface area (Å²) in [6, 6.07) is 7.64. The molecule has 0 saturated heterocycles. The van der Waals surface area contributed by atoms with Gasteiger partial charge in [-0.25, -0.2) is 0 Å². The minimum absolute atomic E-state index is 0.418. The van der Waals surface area contributed by atoms with E-state index in [1.165, 1.54) is 0 Å². The summed E-state index contributed by atoms with van der Waals surface area (Å²) in [7, 11) is 0. The van der Waals surface area contributed by atoms with Gasteiger partial charge in [-0.2, -0.15) is 17.5 Å². The third kappa shape index (κ3) is 2.12. The van der Waals surface area contributed by atoms with Gasteiger partial charge in [-0.15, -0.1) is 0 Å². The van der Waals surface area contributed by atoms with Gasteiger partial charge in [0.05, 0.1) is 23.5 Å². The average Bonchev–Trinajstić information content (AvgIpc) is 2.98. The lowest BCUT2D eigenvalue weighted by molar-refractivity contribution is 1.47. The van der Waals surface area contributed by atoms with Gasteiger partial charge in [0.25, 0.3) is 0 Å². The number of nitrogens with zero attached hydrogens (tertiary/aromatic N) is 4. The van der Waals surface area contributed by atoms with Crippen molar-refractivity contribution in [2.24, 2.45) is 0 Å². The van der Waals surface area contributed by atoms with Crippen LogP contribution in [0.1, 0.15) is 0 Å². The largest absolute Gasteiger partial charge is 0.171 e. The van der Waals surface area contributed by atoms with Crippen LogP contribution in [0.15, 0.2) is 24.3 Å². The zero-order valence-electron chi connectivity index (χ0n) is 8.67. The number of halogens is 2. The van der Waals surface area contributed by atoms with Crippen molar-refractivity contribution in [1.82, 2.24) is 17.5 Å². The highest BCUT2D eigenvalue weighted by Crippen LogP contribution is 2.30. The molecule has 0 N–H and O–H groups in total. The summed E-state index contributed by atoms with van der Waals surface area (Å²) in [5.74, 6) is 0.